The largest absolute Gasteiger partial charge is 0.292 e. The van der Waals surface area contributed by atoms with E-state index < -0.39 is 0 Å². The smallest absolute Gasteiger partial charge is 0.145 e. The predicted molar refractivity (Wildman–Crippen MR) is 211 cm³/mol. The molecule has 0 saturated carbocycles. The van der Waals surface area contributed by atoms with Crippen molar-refractivity contribution in [1.82, 2.24) is 19.5 Å². The topological polar surface area (TPSA) is 43.6 Å². The van der Waals surface area contributed by atoms with Crippen LogP contribution in [0.4, 0.5) is 0 Å². The minimum atomic E-state index is 0.926. The zero-order valence-electron chi connectivity index (χ0n) is 27.6. The Morgan fingerprint density at radius 1 is 0.392 bits per heavy atom. The molecule has 0 aliphatic heterocycles. The highest BCUT2D eigenvalue weighted by molar-refractivity contribution is 6.20. The molecule has 3 aromatic heterocycles. The van der Waals surface area contributed by atoms with Gasteiger partial charge in [0, 0.05) is 38.5 Å². The van der Waals surface area contributed by atoms with Crippen molar-refractivity contribution < 1.29 is 0 Å². The van der Waals surface area contributed by atoms with Gasteiger partial charge in [0.15, 0.2) is 0 Å². The summed E-state index contributed by atoms with van der Waals surface area (Å²) in [7, 11) is 0. The molecular weight excluding hydrogens is 621 g/mol. The highest BCUT2D eigenvalue weighted by Crippen LogP contribution is 2.38. The summed E-state index contributed by atoms with van der Waals surface area (Å²) >= 11 is 0. The van der Waals surface area contributed by atoms with Crippen LogP contribution in [-0.4, -0.2) is 19.5 Å². The average molecular weight is 651 g/mol. The zero-order chi connectivity index (χ0) is 33.7. The van der Waals surface area contributed by atoms with Crippen molar-refractivity contribution in [2.75, 3.05) is 0 Å². The summed E-state index contributed by atoms with van der Waals surface area (Å²) < 4.78 is 2.26. The first-order valence-electron chi connectivity index (χ1n) is 17.2. The number of aromatic nitrogens is 4. The van der Waals surface area contributed by atoms with E-state index in [1.807, 2.05) is 18.2 Å². The molecule has 4 heteroatoms. The van der Waals surface area contributed by atoms with Crippen molar-refractivity contribution in [1.29, 1.82) is 0 Å². The minimum Gasteiger partial charge on any atom is -0.292 e. The molecule has 7 aromatic carbocycles. The quantitative estimate of drug-likeness (QED) is 0.174. The summed E-state index contributed by atoms with van der Waals surface area (Å²) in [5.41, 5.74) is 12.4. The van der Waals surface area contributed by atoms with E-state index in [-0.39, 0.29) is 0 Å². The van der Waals surface area contributed by atoms with Crippen LogP contribution in [0.1, 0.15) is 0 Å². The maximum atomic E-state index is 5.29. The van der Waals surface area contributed by atoms with Crippen LogP contribution in [0, 0.1) is 0 Å². The summed E-state index contributed by atoms with van der Waals surface area (Å²) in [6.07, 6.45) is 0. The van der Waals surface area contributed by atoms with Crippen molar-refractivity contribution in [3.8, 4) is 50.7 Å². The lowest BCUT2D eigenvalue weighted by atomic mass is 9.95. The number of benzene rings is 7. The Kier molecular flexibility index (Phi) is 6.78. The van der Waals surface area contributed by atoms with Crippen molar-refractivity contribution in [2.45, 2.75) is 0 Å². The van der Waals surface area contributed by atoms with Crippen LogP contribution in [0.3, 0.4) is 0 Å². The van der Waals surface area contributed by atoms with Gasteiger partial charge in [-0.05, 0) is 52.9 Å². The van der Waals surface area contributed by atoms with Gasteiger partial charge in [-0.3, -0.25) is 4.57 Å². The first kappa shape index (κ1) is 29.0. The number of fused-ring (bicyclic) bond motifs is 6. The second kappa shape index (κ2) is 11.9. The van der Waals surface area contributed by atoms with Gasteiger partial charge in [-0.15, -0.1) is 0 Å². The number of nitrogens with zero attached hydrogens (tertiary/aromatic N) is 4. The monoisotopic (exact) mass is 650 g/mol. The van der Waals surface area contributed by atoms with Crippen LogP contribution >= 0.6 is 0 Å². The van der Waals surface area contributed by atoms with E-state index in [1.54, 1.807) is 0 Å². The van der Waals surface area contributed by atoms with E-state index in [4.69, 9.17) is 15.0 Å². The zero-order valence-corrected chi connectivity index (χ0v) is 27.6. The van der Waals surface area contributed by atoms with Crippen LogP contribution in [0.15, 0.2) is 182 Å². The van der Waals surface area contributed by atoms with E-state index >= 15 is 0 Å². The number of para-hydroxylation sites is 3. The molecule has 0 atom stereocenters. The number of rotatable bonds is 5. The summed E-state index contributed by atoms with van der Waals surface area (Å²) in [5.74, 6) is 0.926. The van der Waals surface area contributed by atoms with E-state index in [2.05, 4.69) is 168 Å². The molecule has 4 nitrogen and oxygen atoms in total. The maximum Gasteiger partial charge on any atom is 0.145 e. The fraction of sp³-hybridized carbons (Fsp3) is 0. The Labute approximate surface area is 295 Å². The molecule has 0 amide bonds. The third-order valence-corrected chi connectivity index (χ3v) is 9.78. The lowest BCUT2D eigenvalue weighted by Crippen LogP contribution is -1.98. The lowest BCUT2D eigenvalue weighted by molar-refractivity contribution is 1.10. The van der Waals surface area contributed by atoms with Gasteiger partial charge in [-0.25, -0.2) is 15.0 Å². The Bertz CT molecular complexity index is 2890. The van der Waals surface area contributed by atoms with Gasteiger partial charge >= 0.3 is 0 Å². The van der Waals surface area contributed by atoms with E-state index in [0.29, 0.717) is 0 Å². The van der Waals surface area contributed by atoms with Gasteiger partial charge in [0.2, 0.25) is 0 Å². The first-order valence-corrected chi connectivity index (χ1v) is 17.2. The summed E-state index contributed by atoms with van der Waals surface area (Å²) in [5, 5.41) is 4.44. The lowest BCUT2D eigenvalue weighted by Gasteiger charge is -2.14. The van der Waals surface area contributed by atoms with Crippen LogP contribution < -0.4 is 0 Å². The average Bonchev–Trinajstić information content (AvgIpc) is 3.61. The van der Waals surface area contributed by atoms with Crippen LogP contribution in [-0.2, 0) is 0 Å². The molecule has 0 aliphatic rings. The number of imidazole rings is 1. The molecule has 238 valence electrons. The summed E-state index contributed by atoms with van der Waals surface area (Å²) in [4.78, 5) is 15.6. The fourth-order valence-electron chi connectivity index (χ4n) is 7.32. The second-order valence-corrected chi connectivity index (χ2v) is 12.9. The Morgan fingerprint density at radius 3 is 1.88 bits per heavy atom. The standard InChI is InChI=1S/C47H30N4/c1-3-12-32(13-4-1)40-29-27-34-26-28-39-38-18-7-8-19-41(38)49-46(44(39)45(34)48-40)33-24-22-31(23-25-33)36-16-11-17-37(30-36)51-43-21-10-9-20-42(43)50-47(51)35-14-5-2-6-15-35/h1-30H. The molecule has 3 heterocycles. The number of hydrogen-bond donors (Lipinski definition) is 0. The molecule has 0 saturated heterocycles. The molecule has 0 radical (unpaired) electrons. The van der Waals surface area contributed by atoms with Gasteiger partial charge in [-0.1, -0.05) is 146 Å². The van der Waals surface area contributed by atoms with Crippen LogP contribution in [0.25, 0.3) is 94.3 Å². The molecule has 10 aromatic rings. The first-order chi connectivity index (χ1) is 25.3. The van der Waals surface area contributed by atoms with Gasteiger partial charge in [0.05, 0.1) is 33.5 Å². The molecule has 0 N–H and O–H groups in total. The fourth-order valence-corrected chi connectivity index (χ4v) is 7.32. The van der Waals surface area contributed by atoms with Gasteiger partial charge in [0.25, 0.3) is 0 Å². The van der Waals surface area contributed by atoms with Gasteiger partial charge in [-0.2, -0.15) is 0 Å². The normalized spacial score (nSPS) is 11.5. The van der Waals surface area contributed by atoms with Gasteiger partial charge in [0.1, 0.15) is 5.82 Å². The summed E-state index contributed by atoms with van der Waals surface area (Å²) in [6, 6.07) is 63.7. The van der Waals surface area contributed by atoms with E-state index in [1.165, 1.54) is 0 Å². The van der Waals surface area contributed by atoms with Gasteiger partial charge < -0.3 is 0 Å². The van der Waals surface area contributed by atoms with Crippen molar-refractivity contribution in [2.24, 2.45) is 0 Å². The third-order valence-electron chi connectivity index (χ3n) is 9.78. The summed E-state index contributed by atoms with van der Waals surface area (Å²) in [6.45, 7) is 0. The molecule has 10 rings (SSSR count). The molecule has 0 bridgehead atoms. The highest BCUT2D eigenvalue weighted by Gasteiger charge is 2.17. The molecule has 0 fully saturated rings. The second-order valence-electron chi connectivity index (χ2n) is 12.9. The predicted octanol–water partition coefficient (Wildman–Crippen LogP) is 11.9. The Balaban J connectivity index is 1.11. The Morgan fingerprint density at radius 2 is 1.06 bits per heavy atom. The van der Waals surface area contributed by atoms with Crippen molar-refractivity contribution in [3.05, 3.63) is 182 Å². The molecule has 51 heavy (non-hydrogen) atoms. The minimum absolute atomic E-state index is 0.926. The van der Waals surface area contributed by atoms with E-state index in [9.17, 15) is 0 Å². The van der Waals surface area contributed by atoms with E-state index in [0.717, 1.165) is 94.3 Å². The van der Waals surface area contributed by atoms with Crippen molar-refractivity contribution in [3.63, 3.8) is 0 Å². The molecule has 0 spiro atoms. The highest BCUT2D eigenvalue weighted by atomic mass is 15.1. The molecular formula is C47H30N4. The molecule has 0 unspecified atom stereocenters. The van der Waals surface area contributed by atoms with Crippen molar-refractivity contribution >= 4 is 43.6 Å². The number of hydrogen-bond acceptors (Lipinski definition) is 3. The van der Waals surface area contributed by atoms with Crippen LogP contribution in [0.2, 0.25) is 0 Å². The maximum absolute atomic E-state index is 5.29. The number of pyridine rings is 2. The Hall–Kier alpha value is -6.91. The molecule has 0 aliphatic carbocycles. The van der Waals surface area contributed by atoms with Crippen LogP contribution in [0.5, 0.6) is 0 Å². The third kappa shape index (κ3) is 4.96. The SMILES string of the molecule is c1ccc(-c2ccc3ccc4c5ccccc5nc(-c5ccc(-c6cccc(-n7c(-c8ccccc8)nc8ccccc87)c6)cc5)c4c3n2)cc1.